The van der Waals surface area contributed by atoms with E-state index in [1.807, 2.05) is 6.07 Å². The summed E-state index contributed by atoms with van der Waals surface area (Å²) >= 11 is 5.95. The molecule has 2 rings (SSSR count). The smallest absolute Gasteiger partial charge is 0.101 e. The number of nitriles is 1. The van der Waals surface area contributed by atoms with Gasteiger partial charge in [0.15, 0.2) is 0 Å². The van der Waals surface area contributed by atoms with Crippen LogP contribution in [0.2, 0.25) is 5.02 Å². The molecule has 0 aliphatic rings. The van der Waals surface area contributed by atoms with Crippen LogP contribution in [0.4, 0.5) is 5.69 Å². The van der Waals surface area contributed by atoms with Crippen molar-refractivity contribution in [3.05, 3.63) is 64.2 Å². The van der Waals surface area contributed by atoms with Gasteiger partial charge in [0.05, 0.1) is 10.6 Å². The first-order valence-electron chi connectivity index (χ1n) is 7.07. The van der Waals surface area contributed by atoms with Gasteiger partial charge >= 0.3 is 0 Å². The Bertz CT molecular complexity index is 654. The lowest BCUT2D eigenvalue weighted by Crippen LogP contribution is -2.07. The van der Waals surface area contributed by atoms with E-state index in [2.05, 4.69) is 56.4 Å². The molecule has 0 aliphatic carbocycles. The quantitative estimate of drug-likeness (QED) is 0.808. The van der Waals surface area contributed by atoms with Gasteiger partial charge in [-0.3, -0.25) is 0 Å². The van der Waals surface area contributed by atoms with Crippen LogP contribution < -0.4 is 5.32 Å². The van der Waals surface area contributed by atoms with Crippen LogP contribution in [-0.4, -0.2) is 0 Å². The Morgan fingerprint density at radius 3 is 2.19 bits per heavy atom. The number of halogens is 1. The molecule has 0 aliphatic heterocycles. The molecule has 0 aromatic heterocycles. The van der Waals surface area contributed by atoms with Crippen molar-refractivity contribution >= 4 is 17.3 Å². The van der Waals surface area contributed by atoms with Gasteiger partial charge in [0.2, 0.25) is 0 Å². The Morgan fingerprint density at radius 2 is 1.62 bits per heavy atom. The van der Waals surface area contributed by atoms with E-state index in [-0.39, 0.29) is 6.04 Å². The standard InChI is InChI=1S/C18H19ClN2/c1-12(2)14-4-6-15(7-5-14)13(3)21-17-8-9-18(19)16(10-17)11-20/h4-10,12-13,21H,1-3H3. The molecule has 1 N–H and O–H groups in total. The first-order chi connectivity index (χ1) is 10.0. The Balaban J connectivity index is 2.14. The van der Waals surface area contributed by atoms with Crippen LogP contribution in [0.15, 0.2) is 42.5 Å². The molecule has 108 valence electrons. The van der Waals surface area contributed by atoms with E-state index >= 15 is 0 Å². The lowest BCUT2D eigenvalue weighted by Gasteiger charge is -2.17. The highest BCUT2D eigenvalue weighted by Crippen LogP contribution is 2.25. The molecule has 1 atom stereocenters. The Hall–Kier alpha value is -1.98. The monoisotopic (exact) mass is 298 g/mol. The highest BCUT2D eigenvalue weighted by Gasteiger charge is 2.08. The van der Waals surface area contributed by atoms with Gasteiger partial charge in [0.1, 0.15) is 6.07 Å². The summed E-state index contributed by atoms with van der Waals surface area (Å²) in [4.78, 5) is 0. The van der Waals surface area contributed by atoms with Crippen molar-refractivity contribution in [2.45, 2.75) is 32.7 Å². The number of hydrogen-bond donors (Lipinski definition) is 1. The fourth-order valence-electron chi connectivity index (χ4n) is 2.20. The lowest BCUT2D eigenvalue weighted by molar-refractivity contribution is 0.852. The predicted molar refractivity (Wildman–Crippen MR) is 88.7 cm³/mol. The number of nitrogens with zero attached hydrogens (tertiary/aromatic N) is 1. The van der Waals surface area contributed by atoms with E-state index in [1.54, 1.807) is 12.1 Å². The second-order valence-corrected chi connectivity index (χ2v) is 5.90. The summed E-state index contributed by atoms with van der Waals surface area (Å²) in [7, 11) is 0. The largest absolute Gasteiger partial charge is 0.378 e. The summed E-state index contributed by atoms with van der Waals surface area (Å²) in [5.41, 5.74) is 3.94. The number of nitrogens with one attached hydrogen (secondary N) is 1. The van der Waals surface area contributed by atoms with Gasteiger partial charge in [-0.15, -0.1) is 0 Å². The summed E-state index contributed by atoms with van der Waals surface area (Å²) in [6.07, 6.45) is 0. The summed E-state index contributed by atoms with van der Waals surface area (Å²) < 4.78 is 0. The predicted octanol–water partition coefficient (Wildman–Crippen LogP) is 5.51. The molecule has 0 saturated carbocycles. The third-order valence-corrected chi connectivity index (χ3v) is 3.90. The fraction of sp³-hybridized carbons (Fsp3) is 0.278. The maximum Gasteiger partial charge on any atom is 0.101 e. The van der Waals surface area contributed by atoms with Gasteiger partial charge in [-0.1, -0.05) is 49.7 Å². The molecule has 2 aromatic carbocycles. The Kier molecular flexibility index (Phi) is 4.88. The van der Waals surface area contributed by atoms with Crippen molar-refractivity contribution in [3.63, 3.8) is 0 Å². The molecule has 3 heteroatoms. The first-order valence-corrected chi connectivity index (χ1v) is 7.45. The topological polar surface area (TPSA) is 35.8 Å². The molecule has 2 nitrogen and oxygen atoms in total. The molecule has 0 saturated heterocycles. The van der Waals surface area contributed by atoms with Gasteiger partial charge in [0, 0.05) is 11.7 Å². The van der Waals surface area contributed by atoms with Crippen molar-refractivity contribution in [1.82, 2.24) is 0 Å². The van der Waals surface area contributed by atoms with Crippen LogP contribution >= 0.6 is 11.6 Å². The third kappa shape index (κ3) is 3.77. The molecular formula is C18H19ClN2. The number of benzene rings is 2. The highest BCUT2D eigenvalue weighted by molar-refractivity contribution is 6.31. The first kappa shape index (κ1) is 15.4. The minimum absolute atomic E-state index is 0.166. The molecular weight excluding hydrogens is 280 g/mol. The van der Waals surface area contributed by atoms with Crippen LogP contribution in [0, 0.1) is 11.3 Å². The van der Waals surface area contributed by atoms with Crippen molar-refractivity contribution in [2.24, 2.45) is 0 Å². The van der Waals surface area contributed by atoms with Crippen LogP contribution in [0.1, 0.15) is 49.4 Å². The number of anilines is 1. The van der Waals surface area contributed by atoms with E-state index in [0.29, 0.717) is 16.5 Å². The zero-order valence-electron chi connectivity index (χ0n) is 12.5. The molecule has 0 amide bonds. The number of rotatable bonds is 4. The molecule has 2 aromatic rings. The van der Waals surface area contributed by atoms with E-state index < -0.39 is 0 Å². The fourth-order valence-corrected chi connectivity index (χ4v) is 2.36. The zero-order chi connectivity index (χ0) is 15.4. The van der Waals surface area contributed by atoms with Gasteiger partial charge < -0.3 is 5.32 Å². The van der Waals surface area contributed by atoms with Crippen LogP contribution in [-0.2, 0) is 0 Å². The highest BCUT2D eigenvalue weighted by atomic mass is 35.5. The van der Waals surface area contributed by atoms with Crippen LogP contribution in [0.25, 0.3) is 0 Å². The van der Waals surface area contributed by atoms with Crippen molar-refractivity contribution in [1.29, 1.82) is 5.26 Å². The summed E-state index contributed by atoms with van der Waals surface area (Å²) in [5, 5.41) is 12.9. The van der Waals surface area contributed by atoms with Gasteiger partial charge in [-0.2, -0.15) is 5.26 Å². The Labute approximate surface area is 131 Å². The maximum atomic E-state index is 9.01. The second kappa shape index (κ2) is 6.65. The average molecular weight is 299 g/mol. The maximum absolute atomic E-state index is 9.01. The SMILES string of the molecule is CC(C)c1ccc(C(C)Nc2ccc(Cl)c(C#N)c2)cc1. The summed E-state index contributed by atoms with van der Waals surface area (Å²) in [5.74, 6) is 0.539. The van der Waals surface area contributed by atoms with Crippen molar-refractivity contribution < 1.29 is 0 Å². The third-order valence-electron chi connectivity index (χ3n) is 3.57. The van der Waals surface area contributed by atoms with Gasteiger partial charge in [-0.05, 0) is 42.2 Å². The molecule has 21 heavy (non-hydrogen) atoms. The van der Waals surface area contributed by atoms with Gasteiger partial charge in [-0.25, -0.2) is 0 Å². The van der Waals surface area contributed by atoms with E-state index in [4.69, 9.17) is 16.9 Å². The molecule has 0 radical (unpaired) electrons. The van der Waals surface area contributed by atoms with E-state index in [1.165, 1.54) is 11.1 Å². The van der Waals surface area contributed by atoms with Crippen molar-refractivity contribution in [2.75, 3.05) is 5.32 Å². The van der Waals surface area contributed by atoms with Gasteiger partial charge in [0.25, 0.3) is 0 Å². The summed E-state index contributed by atoms with van der Waals surface area (Å²) in [6, 6.07) is 16.3. The second-order valence-electron chi connectivity index (χ2n) is 5.49. The van der Waals surface area contributed by atoms with Crippen LogP contribution in [0.3, 0.4) is 0 Å². The molecule has 0 heterocycles. The Morgan fingerprint density at radius 1 is 1.00 bits per heavy atom. The van der Waals surface area contributed by atoms with Crippen LogP contribution in [0.5, 0.6) is 0 Å². The number of hydrogen-bond acceptors (Lipinski definition) is 2. The average Bonchev–Trinajstić information content (AvgIpc) is 2.49. The normalized spacial score (nSPS) is 12.0. The lowest BCUT2D eigenvalue weighted by atomic mass is 9.99. The zero-order valence-corrected chi connectivity index (χ0v) is 13.3. The summed E-state index contributed by atoms with van der Waals surface area (Å²) in [6.45, 7) is 6.48. The molecule has 0 bridgehead atoms. The minimum Gasteiger partial charge on any atom is -0.378 e. The molecule has 1 unspecified atom stereocenters. The molecule has 0 fully saturated rings. The van der Waals surface area contributed by atoms with E-state index in [9.17, 15) is 0 Å². The van der Waals surface area contributed by atoms with Crippen molar-refractivity contribution in [3.8, 4) is 6.07 Å². The minimum atomic E-state index is 0.166. The molecule has 0 spiro atoms. The van der Waals surface area contributed by atoms with E-state index in [0.717, 1.165) is 5.69 Å².